The largest absolute Gasteiger partial charge is 0.506 e. The molecule has 2 aliphatic carbocycles. The van der Waals surface area contributed by atoms with Crippen molar-refractivity contribution in [3.05, 3.63) is 45.2 Å². The first-order chi connectivity index (χ1) is 12.9. The second kappa shape index (κ2) is 5.36. The predicted molar refractivity (Wildman–Crippen MR) is 100 cm³/mol. The first kappa shape index (κ1) is 16.4. The van der Waals surface area contributed by atoms with Gasteiger partial charge in [-0.1, -0.05) is 13.0 Å². The number of hydrogen-bond acceptors (Lipinski definition) is 5. The van der Waals surface area contributed by atoms with Crippen molar-refractivity contribution in [1.29, 1.82) is 0 Å². The molecule has 2 heterocycles. The minimum atomic E-state index is -1.42. The van der Waals surface area contributed by atoms with E-state index in [1.54, 1.807) is 0 Å². The Kier molecular flexibility index (Phi) is 3.25. The van der Waals surface area contributed by atoms with Gasteiger partial charge in [0.2, 0.25) is 0 Å². The Balaban J connectivity index is 1.59. The van der Waals surface area contributed by atoms with Gasteiger partial charge in [-0.15, -0.1) is 0 Å². The highest BCUT2D eigenvalue weighted by molar-refractivity contribution is 5.92. The number of aromatic carboxylic acids is 1. The number of carboxylic acid groups (broad SMARTS) is 1. The van der Waals surface area contributed by atoms with Gasteiger partial charge >= 0.3 is 5.97 Å². The molecule has 7 heteroatoms. The van der Waals surface area contributed by atoms with E-state index in [2.05, 4.69) is 16.0 Å². The lowest BCUT2D eigenvalue weighted by Crippen LogP contribution is -2.28. The molecule has 1 saturated carbocycles. The van der Waals surface area contributed by atoms with Crippen LogP contribution in [0.15, 0.2) is 23.0 Å². The third-order valence-electron chi connectivity index (χ3n) is 6.44. The van der Waals surface area contributed by atoms with Crippen LogP contribution in [0.3, 0.4) is 0 Å². The summed E-state index contributed by atoms with van der Waals surface area (Å²) < 4.78 is 0. The van der Waals surface area contributed by atoms with Crippen molar-refractivity contribution in [2.24, 2.45) is 17.6 Å². The SMILES string of the molecule is CC1Cc2cc(N3C[C@@H]4[C@@H](N)[C@@H]4C3)ccc2-c2[nH]c(=O)c(C(=O)O)c(O)c21. The van der Waals surface area contributed by atoms with Crippen LogP contribution in [0.5, 0.6) is 5.75 Å². The first-order valence-electron chi connectivity index (χ1n) is 9.23. The van der Waals surface area contributed by atoms with Gasteiger partial charge in [0, 0.05) is 35.9 Å². The molecule has 3 aliphatic rings. The standard InChI is InChI=1S/C20H21N3O4/c1-8-4-9-5-10(23-6-12-13(7-23)16(12)21)2-3-11(9)17-14(8)18(24)15(20(26)27)19(25)22-17/h2-3,5,8,12-13,16H,4,6-7,21H2,1H3,(H,26,27)(H2,22,24,25)/t8?,12-,13+,16+. The molecule has 0 radical (unpaired) electrons. The topological polar surface area (TPSA) is 120 Å². The van der Waals surface area contributed by atoms with Crippen LogP contribution in [0, 0.1) is 11.8 Å². The van der Waals surface area contributed by atoms with Gasteiger partial charge in [-0.25, -0.2) is 4.79 Å². The molecule has 0 bridgehead atoms. The maximum atomic E-state index is 12.2. The van der Waals surface area contributed by atoms with Gasteiger partial charge in [0.15, 0.2) is 5.56 Å². The minimum Gasteiger partial charge on any atom is -0.506 e. The Bertz CT molecular complexity index is 1030. The molecule has 2 aromatic rings. The molecular weight excluding hydrogens is 346 g/mol. The number of pyridine rings is 1. The van der Waals surface area contributed by atoms with E-state index < -0.39 is 22.8 Å². The molecule has 2 fully saturated rings. The Hall–Kier alpha value is -2.80. The summed E-state index contributed by atoms with van der Waals surface area (Å²) in [5, 5.41) is 19.7. The number of nitrogens with two attached hydrogens (primary N) is 1. The number of fused-ring (bicyclic) bond motifs is 4. The van der Waals surface area contributed by atoms with Gasteiger partial charge in [-0.3, -0.25) is 4.79 Å². The zero-order chi connectivity index (χ0) is 19.0. The van der Waals surface area contributed by atoms with E-state index in [1.807, 2.05) is 19.1 Å². The van der Waals surface area contributed by atoms with E-state index >= 15 is 0 Å². The molecule has 5 rings (SSSR count). The molecule has 1 unspecified atom stereocenters. The van der Waals surface area contributed by atoms with E-state index in [-0.39, 0.29) is 5.92 Å². The number of nitrogens with zero attached hydrogens (tertiary/aromatic N) is 1. The fourth-order valence-corrected chi connectivity index (χ4v) is 4.90. The summed E-state index contributed by atoms with van der Waals surface area (Å²) in [5.74, 6) is -0.738. The fraction of sp³-hybridized carbons (Fsp3) is 0.400. The smallest absolute Gasteiger partial charge is 0.345 e. The van der Waals surface area contributed by atoms with Gasteiger partial charge in [-0.05, 0) is 41.9 Å². The van der Waals surface area contributed by atoms with E-state index in [0.717, 1.165) is 29.9 Å². The lowest BCUT2D eigenvalue weighted by atomic mass is 9.81. The van der Waals surface area contributed by atoms with Crippen LogP contribution in [0.4, 0.5) is 5.69 Å². The van der Waals surface area contributed by atoms with Crippen molar-refractivity contribution in [2.75, 3.05) is 18.0 Å². The Morgan fingerprint density at radius 3 is 2.67 bits per heavy atom. The average molecular weight is 367 g/mol. The monoisotopic (exact) mass is 367 g/mol. The molecular formula is C20H21N3O4. The summed E-state index contributed by atoms with van der Waals surface area (Å²) >= 11 is 0. The van der Waals surface area contributed by atoms with Crippen molar-refractivity contribution >= 4 is 11.7 Å². The number of rotatable bonds is 2. The zero-order valence-corrected chi connectivity index (χ0v) is 14.9. The molecule has 27 heavy (non-hydrogen) atoms. The Labute approximate surface area is 155 Å². The summed E-state index contributed by atoms with van der Waals surface area (Å²) in [7, 11) is 0. The summed E-state index contributed by atoms with van der Waals surface area (Å²) in [6, 6.07) is 6.47. The highest BCUT2D eigenvalue weighted by atomic mass is 16.4. The fourth-order valence-electron chi connectivity index (χ4n) is 4.90. The van der Waals surface area contributed by atoms with Crippen LogP contribution in [0.2, 0.25) is 0 Å². The lowest BCUT2D eigenvalue weighted by molar-refractivity contribution is 0.0691. The third kappa shape index (κ3) is 2.24. The maximum Gasteiger partial charge on any atom is 0.345 e. The van der Waals surface area contributed by atoms with E-state index in [0.29, 0.717) is 35.6 Å². The van der Waals surface area contributed by atoms with Crippen molar-refractivity contribution in [3.63, 3.8) is 0 Å². The Morgan fingerprint density at radius 2 is 2.00 bits per heavy atom. The summed E-state index contributed by atoms with van der Waals surface area (Å²) in [6.07, 6.45) is 0.676. The number of carbonyl (C=O) groups is 1. The van der Waals surface area contributed by atoms with Crippen LogP contribution in [0.1, 0.15) is 34.3 Å². The highest BCUT2D eigenvalue weighted by Crippen LogP contribution is 2.47. The van der Waals surface area contributed by atoms with E-state index in [1.165, 1.54) is 0 Å². The highest BCUT2D eigenvalue weighted by Gasteiger charge is 2.53. The van der Waals surface area contributed by atoms with Gasteiger partial charge in [0.05, 0.1) is 5.69 Å². The quantitative estimate of drug-likeness (QED) is 0.639. The molecule has 1 aromatic heterocycles. The average Bonchev–Trinajstić information content (AvgIpc) is 3.02. The van der Waals surface area contributed by atoms with Gasteiger partial charge in [0.1, 0.15) is 5.75 Å². The third-order valence-corrected chi connectivity index (χ3v) is 6.44. The number of anilines is 1. The van der Waals surface area contributed by atoms with Crippen molar-refractivity contribution < 1.29 is 15.0 Å². The van der Waals surface area contributed by atoms with Crippen LogP contribution >= 0.6 is 0 Å². The molecule has 4 atom stereocenters. The van der Waals surface area contributed by atoms with Crippen LogP contribution < -0.4 is 16.2 Å². The summed E-state index contributed by atoms with van der Waals surface area (Å²) in [6.45, 7) is 3.90. The van der Waals surface area contributed by atoms with Gasteiger partial charge in [0.25, 0.3) is 5.56 Å². The van der Waals surface area contributed by atoms with Crippen LogP contribution in [-0.2, 0) is 6.42 Å². The number of aromatic nitrogens is 1. The molecule has 140 valence electrons. The number of nitrogens with one attached hydrogen (secondary N) is 1. The zero-order valence-electron chi connectivity index (χ0n) is 14.9. The number of carboxylic acids is 1. The van der Waals surface area contributed by atoms with Crippen molar-refractivity contribution in [2.45, 2.75) is 25.3 Å². The first-order valence-corrected chi connectivity index (χ1v) is 9.23. The molecule has 5 N–H and O–H groups in total. The normalized spacial score (nSPS) is 27.7. The molecule has 1 saturated heterocycles. The van der Waals surface area contributed by atoms with Crippen LogP contribution in [0.25, 0.3) is 11.3 Å². The van der Waals surface area contributed by atoms with Crippen LogP contribution in [-0.4, -0.2) is 40.3 Å². The van der Waals surface area contributed by atoms with Gasteiger partial charge < -0.3 is 25.8 Å². The summed E-state index contributed by atoms with van der Waals surface area (Å²) in [4.78, 5) is 28.6. The van der Waals surface area contributed by atoms with Crippen molar-refractivity contribution in [1.82, 2.24) is 4.98 Å². The minimum absolute atomic E-state index is 0.0990. The number of H-pyrrole nitrogens is 1. The van der Waals surface area contributed by atoms with E-state index in [9.17, 15) is 19.8 Å². The molecule has 0 spiro atoms. The number of hydrogen-bond donors (Lipinski definition) is 4. The Morgan fingerprint density at radius 1 is 1.30 bits per heavy atom. The number of aromatic hydroxyl groups is 1. The number of aromatic amines is 1. The molecule has 1 aliphatic heterocycles. The lowest BCUT2D eigenvalue weighted by Gasteiger charge is -2.28. The van der Waals surface area contributed by atoms with Gasteiger partial charge in [-0.2, -0.15) is 0 Å². The molecule has 7 nitrogen and oxygen atoms in total. The maximum absolute atomic E-state index is 12.2. The number of benzene rings is 1. The molecule has 0 amide bonds. The predicted octanol–water partition coefficient (Wildman–Crippen LogP) is 1.50. The van der Waals surface area contributed by atoms with E-state index in [4.69, 9.17) is 5.73 Å². The summed E-state index contributed by atoms with van der Waals surface area (Å²) in [5.41, 5.74) is 8.77. The molecule has 1 aromatic carbocycles. The second-order valence-corrected chi connectivity index (χ2v) is 8.03. The number of piperidine rings is 1. The second-order valence-electron chi connectivity index (χ2n) is 8.03. The van der Waals surface area contributed by atoms with Crippen molar-refractivity contribution in [3.8, 4) is 17.0 Å².